The van der Waals surface area contributed by atoms with E-state index in [2.05, 4.69) is 11.6 Å². The van der Waals surface area contributed by atoms with Crippen LogP contribution in [0.2, 0.25) is 0 Å². The number of aliphatic imine (C=N–C) groups is 1. The van der Waals surface area contributed by atoms with E-state index in [4.69, 9.17) is 15.1 Å². The number of aliphatic hydroxyl groups is 2. The molecule has 2 aliphatic heterocycles. The Morgan fingerprint density at radius 3 is 2.84 bits per heavy atom. The summed E-state index contributed by atoms with van der Waals surface area (Å²) in [6.07, 6.45) is -0.810. The minimum Gasteiger partial charge on any atom is -0.394 e. The predicted molar refractivity (Wildman–Crippen MR) is 63.7 cm³/mol. The van der Waals surface area contributed by atoms with Crippen molar-refractivity contribution in [1.82, 2.24) is 10.4 Å². The van der Waals surface area contributed by atoms with E-state index in [9.17, 15) is 9.50 Å². The van der Waals surface area contributed by atoms with Crippen LogP contribution >= 0.6 is 0 Å². The standard InChI is InChI=1S/C11H16FN3O4/c1-6-13-8(14-18)3-4-15(6)10-11(2,12)9(17)7(5-16)19-10/h3-4,7,9-10,16-18H,1,5H2,2H3,(H,13,14)/t7-,9?,10-,11-/m1/s1. The Hall–Kier alpha value is -1.48. The number of aliphatic hydroxyl groups excluding tert-OH is 2. The quantitative estimate of drug-likeness (QED) is 0.505. The van der Waals surface area contributed by atoms with Crippen LogP contribution in [0.4, 0.5) is 4.39 Å². The highest BCUT2D eigenvalue weighted by atomic mass is 19.1. The summed E-state index contributed by atoms with van der Waals surface area (Å²) in [4.78, 5) is 5.17. The Labute approximate surface area is 109 Å². The number of nitrogens with one attached hydrogen (secondary N) is 1. The van der Waals surface area contributed by atoms with Crippen LogP contribution in [0.15, 0.2) is 29.7 Å². The number of nitrogens with zero attached hydrogens (tertiary/aromatic N) is 2. The van der Waals surface area contributed by atoms with Crippen LogP contribution in [-0.4, -0.2) is 56.9 Å². The summed E-state index contributed by atoms with van der Waals surface area (Å²) in [6, 6.07) is 0. The zero-order valence-corrected chi connectivity index (χ0v) is 10.3. The summed E-state index contributed by atoms with van der Waals surface area (Å²) in [5, 5.41) is 27.5. The lowest BCUT2D eigenvalue weighted by atomic mass is 9.98. The normalized spacial score (nSPS) is 38.6. The first-order valence-corrected chi connectivity index (χ1v) is 5.69. The number of hydrogen-bond donors (Lipinski definition) is 4. The van der Waals surface area contributed by atoms with Gasteiger partial charge in [-0.3, -0.25) is 10.7 Å². The van der Waals surface area contributed by atoms with Crippen LogP contribution in [0.25, 0.3) is 0 Å². The highest BCUT2D eigenvalue weighted by molar-refractivity contribution is 5.93. The van der Waals surface area contributed by atoms with Crippen molar-refractivity contribution in [2.45, 2.75) is 31.0 Å². The number of amidine groups is 1. The number of alkyl halides is 1. The number of hydroxylamine groups is 1. The largest absolute Gasteiger partial charge is 0.394 e. The summed E-state index contributed by atoms with van der Waals surface area (Å²) in [5.41, 5.74) is -0.250. The van der Waals surface area contributed by atoms with Crippen LogP contribution in [0.1, 0.15) is 6.92 Å². The van der Waals surface area contributed by atoms with Gasteiger partial charge in [0.1, 0.15) is 18.0 Å². The lowest BCUT2D eigenvalue weighted by Gasteiger charge is -2.34. The van der Waals surface area contributed by atoms with Gasteiger partial charge in [-0.05, 0) is 13.0 Å². The highest BCUT2D eigenvalue weighted by Gasteiger charge is 2.56. The average molecular weight is 273 g/mol. The Balaban J connectivity index is 2.22. The second-order valence-corrected chi connectivity index (χ2v) is 4.55. The van der Waals surface area contributed by atoms with E-state index >= 15 is 0 Å². The minimum absolute atomic E-state index is 0.138. The number of ether oxygens (including phenoxy) is 1. The molecule has 2 heterocycles. The molecule has 0 amide bonds. The summed E-state index contributed by atoms with van der Waals surface area (Å²) in [6.45, 7) is 4.32. The molecule has 1 unspecified atom stereocenters. The molecule has 0 bridgehead atoms. The number of hydrogen-bond acceptors (Lipinski definition) is 7. The molecule has 0 radical (unpaired) electrons. The Morgan fingerprint density at radius 2 is 2.37 bits per heavy atom. The molecule has 1 saturated heterocycles. The first-order chi connectivity index (χ1) is 8.91. The SMILES string of the molecule is C=C1N=C(NO)C=CN1[C@@H]1O[C@H](CO)C(O)[C@@]1(C)F. The molecule has 106 valence electrons. The molecule has 4 N–H and O–H groups in total. The molecule has 0 aromatic carbocycles. The van der Waals surface area contributed by atoms with E-state index in [1.807, 2.05) is 5.48 Å². The first kappa shape index (κ1) is 13.9. The van der Waals surface area contributed by atoms with Crippen molar-refractivity contribution in [3.8, 4) is 0 Å². The molecule has 2 aliphatic rings. The smallest absolute Gasteiger partial charge is 0.181 e. The third-order valence-corrected chi connectivity index (χ3v) is 3.20. The topological polar surface area (TPSA) is 97.6 Å². The maximum absolute atomic E-state index is 14.5. The molecule has 0 spiro atoms. The predicted octanol–water partition coefficient (Wildman–Crippen LogP) is -0.530. The lowest BCUT2D eigenvalue weighted by molar-refractivity contribution is -0.0766. The molecule has 0 saturated carbocycles. The maximum Gasteiger partial charge on any atom is 0.181 e. The molecular formula is C11H16FN3O4. The highest BCUT2D eigenvalue weighted by Crippen LogP contribution is 2.38. The molecule has 4 atom stereocenters. The van der Waals surface area contributed by atoms with Gasteiger partial charge in [-0.15, -0.1) is 0 Å². The van der Waals surface area contributed by atoms with Crippen LogP contribution in [-0.2, 0) is 4.74 Å². The van der Waals surface area contributed by atoms with Gasteiger partial charge < -0.3 is 19.8 Å². The minimum atomic E-state index is -2.10. The molecule has 0 aromatic heterocycles. The molecule has 0 aliphatic carbocycles. The van der Waals surface area contributed by atoms with Gasteiger partial charge in [-0.25, -0.2) is 9.38 Å². The van der Waals surface area contributed by atoms with E-state index in [0.717, 1.165) is 0 Å². The molecule has 1 fully saturated rings. The van der Waals surface area contributed by atoms with Crippen molar-refractivity contribution < 1.29 is 24.5 Å². The van der Waals surface area contributed by atoms with E-state index in [-0.39, 0.29) is 11.7 Å². The third kappa shape index (κ3) is 2.23. The summed E-state index contributed by atoms with van der Waals surface area (Å²) < 4.78 is 19.8. The van der Waals surface area contributed by atoms with Crippen molar-refractivity contribution in [1.29, 1.82) is 0 Å². The fraction of sp³-hybridized carbons (Fsp3) is 0.545. The van der Waals surface area contributed by atoms with E-state index < -0.39 is 30.7 Å². The molecule has 19 heavy (non-hydrogen) atoms. The van der Waals surface area contributed by atoms with E-state index in [1.54, 1.807) is 0 Å². The summed E-state index contributed by atoms with van der Waals surface area (Å²) >= 11 is 0. The molecule has 8 heteroatoms. The Morgan fingerprint density at radius 1 is 1.68 bits per heavy atom. The van der Waals surface area contributed by atoms with Gasteiger partial charge in [0.25, 0.3) is 0 Å². The first-order valence-electron chi connectivity index (χ1n) is 5.69. The van der Waals surface area contributed by atoms with E-state index in [1.165, 1.54) is 24.1 Å². The van der Waals surface area contributed by atoms with Gasteiger partial charge in [-0.1, -0.05) is 6.58 Å². The molecular weight excluding hydrogens is 257 g/mol. The fourth-order valence-electron chi connectivity index (χ4n) is 2.11. The van der Waals surface area contributed by atoms with Gasteiger partial charge >= 0.3 is 0 Å². The van der Waals surface area contributed by atoms with Gasteiger partial charge in [0.15, 0.2) is 17.7 Å². The number of rotatable bonds is 2. The van der Waals surface area contributed by atoms with Crippen LogP contribution in [0, 0.1) is 0 Å². The Kier molecular flexibility index (Phi) is 3.59. The van der Waals surface area contributed by atoms with Gasteiger partial charge in [0.05, 0.1) is 6.61 Å². The zero-order valence-electron chi connectivity index (χ0n) is 10.3. The van der Waals surface area contributed by atoms with Crippen LogP contribution < -0.4 is 5.48 Å². The molecule has 0 aromatic rings. The van der Waals surface area contributed by atoms with Gasteiger partial charge in [0, 0.05) is 6.20 Å². The van der Waals surface area contributed by atoms with Crippen molar-refractivity contribution in [3.05, 3.63) is 24.7 Å². The van der Waals surface area contributed by atoms with Crippen molar-refractivity contribution >= 4 is 5.84 Å². The van der Waals surface area contributed by atoms with Crippen LogP contribution in [0.3, 0.4) is 0 Å². The maximum atomic E-state index is 14.5. The summed E-state index contributed by atoms with van der Waals surface area (Å²) in [5.74, 6) is 0.290. The molecule has 7 nitrogen and oxygen atoms in total. The van der Waals surface area contributed by atoms with Crippen molar-refractivity contribution in [2.75, 3.05) is 6.61 Å². The lowest BCUT2D eigenvalue weighted by Crippen LogP contribution is -2.48. The van der Waals surface area contributed by atoms with Gasteiger partial charge in [-0.2, -0.15) is 0 Å². The Bertz CT molecular complexity index is 438. The van der Waals surface area contributed by atoms with Gasteiger partial charge in [0.2, 0.25) is 0 Å². The van der Waals surface area contributed by atoms with Crippen molar-refractivity contribution in [3.63, 3.8) is 0 Å². The van der Waals surface area contributed by atoms with Crippen molar-refractivity contribution in [2.24, 2.45) is 4.99 Å². The van der Waals surface area contributed by atoms with E-state index in [0.29, 0.717) is 0 Å². The monoisotopic (exact) mass is 273 g/mol. The fourth-order valence-corrected chi connectivity index (χ4v) is 2.11. The average Bonchev–Trinajstić information content (AvgIpc) is 2.61. The third-order valence-electron chi connectivity index (χ3n) is 3.20. The second-order valence-electron chi connectivity index (χ2n) is 4.55. The van der Waals surface area contributed by atoms with Crippen LogP contribution in [0.5, 0.6) is 0 Å². The number of halogens is 1. The zero-order chi connectivity index (χ0) is 14.2. The summed E-state index contributed by atoms with van der Waals surface area (Å²) in [7, 11) is 0. The second kappa shape index (κ2) is 4.89. The molecule has 2 rings (SSSR count).